The van der Waals surface area contributed by atoms with Crippen LogP contribution < -0.4 is 21.1 Å². The third kappa shape index (κ3) is 6.68. The number of aryl methyl sites for hydroxylation is 1. The van der Waals surface area contributed by atoms with Gasteiger partial charge in [-0.3, -0.25) is 14.4 Å². The van der Waals surface area contributed by atoms with Crippen LogP contribution in [0.3, 0.4) is 0 Å². The molecule has 0 fully saturated rings. The van der Waals surface area contributed by atoms with E-state index in [4.69, 9.17) is 5.73 Å². The van der Waals surface area contributed by atoms with Crippen LogP contribution >= 0.6 is 0 Å². The van der Waals surface area contributed by atoms with E-state index in [2.05, 4.69) is 15.4 Å². The number of anilines is 1. The molecule has 0 unspecified atom stereocenters. The Morgan fingerprint density at radius 2 is 1.63 bits per heavy atom. The van der Waals surface area contributed by atoms with Gasteiger partial charge in [0.05, 0.1) is 16.1 Å². The number of hydrogen-bond acceptors (Lipinski definition) is 5. The minimum absolute atomic E-state index is 0.0225. The Morgan fingerprint density at radius 1 is 0.967 bits per heavy atom. The Hall–Kier alpha value is -3.24. The van der Waals surface area contributed by atoms with Crippen molar-refractivity contribution in [3.05, 3.63) is 59.7 Å². The lowest BCUT2D eigenvalue weighted by atomic mass is 10.1. The zero-order valence-corrected chi connectivity index (χ0v) is 17.3. The van der Waals surface area contributed by atoms with Crippen molar-refractivity contribution < 1.29 is 22.8 Å². The first kappa shape index (κ1) is 23.0. The normalized spacial score (nSPS) is 11.0. The summed E-state index contributed by atoms with van der Waals surface area (Å²) in [5, 5.41) is 5.29. The summed E-state index contributed by atoms with van der Waals surface area (Å²) >= 11 is 0. The maximum atomic E-state index is 12.3. The Labute approximate surface area is 175 Å². The first-order chi connectivity index (χ1) is 14.2. The lowest BCUT2D eigenvalue weighted by Gasteiger charge is -2.11. The molecule has 30 heavy (non-hydrogen) atoms. The molecule has 0 saturated heterocycles. The van der Waals surface area contributed by atoms with Gasteiger partial charge in [0.1, 0.15) is 0 Å². The monoisotopic (exact) mass is 432 g/mol. The van der Waals surface area contributed by atoms with E-state index < -0.39 is 21.8 Å². The quantitative estimate of drug-likeness (QED) is 0.438. The van der Waals surface area contributed by atoms with Crippen molar-refractivity contribution in [3.8, 4) is 0 Å². The molecule has 0 saturated carbocycles. The molecule has 2 aromatic rings. The number of rotatable bonds is 10. The van der Waals surface area contributed by atoms with E-state index >= 15 is 0 Å². The molecule has 9 nitrogen and oxygen atoms in total. The largest absolute Gasteiger partial charge is 0.370 e. The molecule has 0 aliphatic carbocycles. The van der Waals surface area contributed by atoms with Gasteiger partial charge in [-0.2, -0.15) is 0 Å². The summed E-state index contributed by atoms with van der Waals surface area (Å²) in [4.78, 5) is 35.5. The van der Waals surface area contributed by atoms with Gasteiger partial charge >= 0.3 is 0 Å². The molecule has 0 spiro atoms. The highest BCUT2D eigenvalue weighted by molar-refractivity contribution is 7.89. The minimum Gasteiger partial charge on any atom is -0.370 e. The summed E-state index contributed by atoms with van der Waals surface area (Å²) in [5.74, 6) is -1.23. The molecule has 0 heterocycles. The van der Waals surface area contributed by atoms with Gasteiger partial charge in [-0.1, -0.05) is 24.3 Å². The fraction of sp³-hybridized carbons (Fsp3) is 0.250. The Morgan fingerprint density at radius 3 is 2.27 bits per heavy atom. The molecular formula is C20H24N4O5S. The summed E-state index contributed by atoms with van der Waals surface area (Å²) in [6.45, 7) is 0.107. The van der Waals surface area contributed by atoms with Gasteiger partial charge in [0.15, 0.2) is 0 Å². The standard InChI is InChI=1S/C20H24N4O5S/c1-22-30(28,29)15-9-6-14(7-10-15)8-11-19(26)24-17-5-3-2-4-16(17)20(27)23-13-12-18(21)25/h2-7,9-10,22H,8,11-13H2,1H3,(H2,21,25)(H,23,27)(H,24,26). The average molecular weight is 433 g/mol. The fourth-order valence-corrected chi connectivity index (χ4v) is 3.34. The highest BCUT2D eigenvalue weighted by Gasteiger charge is 2.14. The molecule has 0 radical (unpaired) electrons. The van der Waals surface area contributed by atoms with E-state index in [0.29, 0.717) is 12.1 Å². The van der Waals surface area contributed by atoms with Crippen LogP contribution in [0.1, 0.15) is 28.8 Å². The van der Waals surface area contributed by atoms with Gasteiger partial charge in [0, 0.05) is 19.4 Å². The number of amides is 3. The summed E-state index contributed by atoms with van der Waals surface area (Å²) in [6.07, 6.45) is 0.573. The van der Waals surface area contributed by atoms with Crippen molar-refractivity contribution >= 4 is 33.4 Å². The number of benzene rings is 2. The molecule has 0 atom stereocenters. The number of nitrogens with one attached hydrogen (secondary N) is 3. The molecule has 10 heteroatoms. The molecule has 0 aliphatic heterocycles. The summed E-state index contributed by atoms with van der Waals surface area (Å²) in [6, 6.07) is 12.8. The highest BCUT2D eigenvalue weighted by Crippen LogP contribution is 2.16. The lowest BCUT2D eigenvalue weighted by Crippen LogP contribution is -2.28. The molecule has 0 aromatic heterocycles. The SMILES string of the molecule is CNS(=O)(=O)c1ccc(CCC(=O)Nc2ccccc2C(=O)NCCC(N)=O)cc1. The number of sulfonamides is 1. The van der Waals surface area contributed by atoms with E-state index in [-0.39, 0.29) is 35.8 Å². The molecule has 5 N–H and O–H groups in total. The van der Waals surface area contributed by atoms with Crippen LogP contribution in [0.2, 0.25) is 0 Å². The zero-order chi connectivity index (χ0) is 22.1. The van der Waals surface area contributed by atoms with Gasteiger partial charge in [0.25, 0.3) is 5.91 Å². The predicted molar refractivity (Wildman–Crippen MR) is 112 cm³/mol. The fourth-order valence-electron chi connectivity index (χ4n) is 2.61. The molecule has 2 rings (SSSR count). The van der Waals surface area contributed by atoms with Crippen molar-refractivity contribution in [1.29, 1.82) is 0 Å². The summed E-state index contributed by atoms with van der Waals surface area (Å²) in [5.41, 5.74) is 6.49. The molecule has 160 valence electrons. The van der Waals surface area contributed by atoms with Gasteiger partial charge in [-0.15, -0.1) is 0 Å². The number of para-hydroxylation sites is 1. The lowest BCUT2D eigenvalue weighted by molar-refractivity contribution is -0.118. The predicted octanol–water partition coefficient (Wildman–Crippen LogP) is 0.771. The first-order valence-corrected chi connectivity index (χ1v) is 10.7. The maximum absolute atomic E-state index is 12.3. The third-order valence-corrected chi connectivity index (χ3v) is 5.68. The number of hydrogen-bond donors (Lipinski definition) is 4. The first-order valence-electron chi connectivity index (χ1n) is 9.21. The van der Waals surface area contributed by atoms with Crippen LogP contribution in [0.15, 0.2) is 53.4 Å². The number of primary amides is 1. The van der Waals surface area contributed by atoms with E-state index in [0.717, 1.165) is 5.56 Å². The number of carbonyl (C=O) groups is 3. The summed E-state index contributed by atoms with van der Waals surface area (Å²) in [7, 11) is -2.17. The van der Waals surface area contributed by atoms with Crippen molar-refractivity contribution in [2.45, 2.75) is 24.2 Å². The number of nitrogens with two attached hydrogens (primary N) is 1. The molecule has 0 bridgehead atoms. The maximum Gasteiger partial charge on any atom is 0.253 e. The van der Waals surface area contributed by atoms with Crippen molar-refractivity contribution in [1.82, 2.24) is 10.0 Å². The van der Waals surface area contributed by atoms with Gasteiger partial charge in [-0.25, -0.2) is 13.1 Å². The van der Waals surface area contributed by atoms with Crippen molar-refractivity contribution in [2.75, 3.05) is 18.9 Å². The van der Waals surface area contributed by atoms with E-state index in [9.17, 15) is 22.8 Å². The number of carbonyl (C=O) groups excluding carboxylic acids is 3. The molecule has 0 aliphatic rings. The van der Waals surface area contributed by atoms with Crippen LogP contribution in [0.5, 0.6) is 0 Å². The van der Waals surface area contributed by atoms with Crippen LogP contribution in [0, 0.1) is 0 Å². The van der Waals surface area contributed by atoms with Crippen LogP contribution in [-0.4, -0.2) is 39.7 Å². The van der Waals surface area contributed by atoms with Crippen LogP contribution in [-0.2, 0) is 26.0 Å². The Balaban J connectivity index is 1.95. The van der Waals surface area contributed by atoms with Crippen LogP contribution in [0.4, 0.5) is 5.69 Å². The average Bonchev–Trinajstić information content (AvgIpc) is 2.72. The molecule has 2 aromatic carbocycles. The van der Waals surface area contributed by atoms with Gasteiger partial charge < -0.3 is 16.4 Å². The second kappa shape index (κ2) is 10.5. The van der Waals surface area contributed by atoms with Gasteiger partial charge in [-0.05, 0) is 43.3 Å². The second-order valence-electron chi connectivity index (χ2n) is 6.42. The van der Waals surface area contributed by atoms with E-state index in [1.54, 1.807) is 36.4 Å². The smallest absolute Gasteiger partial charge is 0.253 e. The Bertz CT molecular complexity index is 1020. The van der Waals surface area contributed by atoms with E-state index in [1.807, 2.05) is 0 Å². The minimum atomic E-state index is -3.50. The van der Waals surface area contributed by atoms with Crippen molar-refractivity contribution in [2.24, 2.45) is 5.73 Å². The topological polar surface area (TPSA) is 147 Å². The molecule has 3 amide bonds. The summed E-state index contributed by atoms with van der Waals surface area (Å²) < 4.78 is 25.7. The van der Waals surface area contributed by atoms with Crippen LogP contribution in [0.25, 0.3) is 0 Å². The second-order valence-corrected chi connectivity index (χ2v) is 8.30. The third-order valence-electron chi connectivity index (χ3n) is 4.25. The Kier molecular flexibility index (Phi) is 8.07. The van der Waals surface area contributed by atoms with Crippen molar-refractivity contribution in [3.63, 3.8) is 0 Å². The van der Waals surface area contributed by atoms with Gasteiger partial charge in [0.2, 0.25) is 21.8 Å². The van der Waals surface area contributed by atoms with E-state index in [1.165, 1.54) is 19.2 Å². The highest BCUT2D eigenvalue weighted by atomic mass is 32.2. The zero-order valence-electron chi connectivity index (χ0n) is 16.5. The molecular weight excluding hydrogens is 408 g/mol.